The van der Waals surface area contributed by atoms with E-state index < -0.39 is 0 Å². The van der Waals surface area contributed by atoms with Crippen molar-refractivity contribution in [3.63, 3.8) is 0 Å². The van der Waals surface area contributed by atoms with Gasteiger partial charge in [0, 0.05) is 23.1 Å². The second kappa shape index (κ2) is 8.00. The van der Waals surface area contributed by atoms with Crippen molar-refractivity contribution in [1.29, 1.82) is 0 Å². The van der Waals surface area contributed by atoms with Gasteiger partial charge in [0.1, 0.15) is 0 Å². The third-order valence-corrected chi connectivity index (χ3v) is 4.69. The van der Waals surface area contributed by atoms with Crippen LogP contribution in [0.4, 0.5) is 4.79 Å². The van der Waals surface area contributed by atoms with E-state index >= 15 is 0 Å². The van der Waals surface area contributed by atoms with Gasteiger partial charge in [-0.3, -0.25) is 14.5 Å². The van der Waals surface area contributed by atoms with Gasteiger partial charge in [0.2, 0.25) is 0 Å². The average Bonchev–Trinajstić information content (AvgIpc) is 2.72. The molecule has 0 spiro atoms. The van der Waals surface area contributed by atoms with Crippen molar-refractivity contribution in [1.82, 2.24) is 15.5 Å². The molecule has 0 aromatic heterocycles. The topological polar surface area (TPSA) is 78.5 Å². The van der Waals surface area contributed by atoms with E-state index in [4.69, 9.17) is 0 Å². The van der Waals surface area contributed by atoms with Gasteiger partial charge in [0.25, 0.3) is 11.8 Å². The Balaban J connectivity index is 1.80. The lowest BCUT2D eigenvalue weighted by molar-refractivity contribution is 0.0653. The number of carbonyl (C=O) groups is 3. The van der Waals surface area contributed by atoms with Crippen molar-refractivity contribution in [2.24, 2.45) is 5.41 Å². The Hall–Kier alpha value is -1.89. The maximum absolute atomic E-state index is 12.4. The van der Waals surface area contributed by atoms with Gasteiger partial charge in [0.05, 0.1) is 11.1 Å². The third kappa shape index (κ3) is 5.79. The predicted molar refractivity (Wildman–Crippen MR) is 109 cm³/mol. The van der Waals surface area contributed by atoms with Crippen LogP contribution in [0.5, 0.6) is 0 Å². The minimum atomic E-state index is -0.321. The lowest BCUT2D eigenvalue weighted by atomic mass is 9.82. The Morgan fingerprint density at radius 1 is 1.07 bits per heavy atom. The van der Waals surface area contributed by atoms with Gasteiger partial charge in [-0.25, -0.2) is 4.79 Å². The van der Waals surface area contributed by atoms with Crippen LogP contribution in [0.15, 0.2) is 22.7 Å². The van der Waals surface area contributed by atoms with E-state index in [-0.39, 0.29) is 35.3 Å². The number of amides is 4. The Morgan fingerprint density at radius 3 is 2.33 bits per heavy atom. The molecule has 0 radical (unpaired) electrons. The zero-order valence-corrected chi connectivity index (χ0v) is 18.2. The summed E-state index contributed by atoms with van der Waals surface area (Å²) in [4.78, 5) is 38.1. The van der Waals surface area contributed by atoms with Gasteiger partial charge >= 0.3 is 6.03 Å². The SMILES string of the molecule is CC(C)(C)CC(C)(C)NC(=O)NCCCN1C(=O)c2ccc(Br)cc2C1=O. The zero-order valence-electron chi connectivity index (χ0n) is 16.6. The van der Waals surface area contributed by atoms with Crippen LogP contribution in [0.2, 0.25) is 0 Å². The van der Waals surface area contributed by atoms with Gasteiger partial charge in [-0.05, 0) is 50.3 Å². The summed E-state index contributed by atoms with van der Waals surface area (Å²) in [6.45, 7) is 11.0. The molecule has 6 nitrogen and oxygen atoms in total. The van der Waals surface area contributed by atoms with Crippen molar-refractivity contribution in [2.75, 3.05) is 13.1 Å². The standard InChI is InChI=1S/C20H28BrN3O3/c1-19(2,3)12-20(4,5)23-18(27)22-9-6-10-24-16(25)14-8-7-13(21)11-15(14)17(24)26/h7-8,11H,6,9-10,12H2,1-5H3,(H2,22,23,27). The van der Waals surface area contributed by atoms with Crippen molar-refractivity contribution in [2.45, 2.75) is 53.0 Å². The largest absolute Gasteiger partial charge is 0.338 e. The van der Waals surface area contributed by atoms with Gasteiger partial charge < -0.3 is 10.6 Å². The summed E-state index contributed by atoms with van der Waals surface area (Å²) in [5, 5.41) is 5.78. The average molecular weight is 438 g/mol. The quantitative estimate of drug-likeness (QED) is 0.522. The van der Waals surface area contributed by atoms with Crippen molar-refractivity contribution < 1.29 is 14.4 Å². The number of imide groups is 1. The number of fused-ring (bicyclic) bond motifs is 1. The Morgan fingerprint density at radius 2 is 1.70 bits per heavy atom. The second-order valence-corrected chi connectivity index (χ2v) is 9.72. The van der Waals surface area contributed by atoms with E-state index in [1.165, 1.54) is 4.90 Å². The first-order chi connectivity index (χ1) is 12.4. The lowest BCUT2D eigenvalue weighted by Crippen LogP contribution is -2.50. The second-order valence-electron chi connectivity index (χ2n) is 8.81. The molecule has 0 fully saturated rings. The molecule has 0 atom stereocenters. The lowest BCUT2D eigenvalue weighted by Gasteiger charge is -2.33. The van der Waals surface area contributed by atoms with Gasteiger partial charge in [-0.1, -0.05) is 36.7 Å². The number of rotatable bonds is 6. The fourth-order valence-electron chi connectivity index (χ4n) is 3.63. The Bertz CT molecular complexity index is 753. The molecule has 1 aromatic carbocycles. The minimum Gasteiger partial charge on any atom is -0.338 e. The summed E-state index contributed by atoms with van der Waals surface area (Å²) < 4.78 is 0.764. The van der Waals surface area contributed by atoms with Crippen LogP contribution in [-0.2, 0) is 0 Å². The number of hydrogen-bond donors (Lipinski definition) is 2. The number of hydrogen-bond acceptors (Lipinski definition) is 3. The molecule has 1 aliphatic heterocycles. The van der Waals surface area contributed by atoms with E-state index in [0.29, 0.717) is 24.1 Å². The van der Waals surface area contributed by atoms with E-state index in [2.05, 4.69) is 47.3 Å². The molecule has 2 N–H and O–H groups in total. The number of carbonyl (C=O) groups excluding carboxylic acids is 3. The van der Waals surface area contributed by atoms with E-state index in [1.807, 2.05) is 13.8 Å². The highest BCUT2D eigenvalue weighted by molar-refractivity contribution is 9.10. The minimum absolute atomic E-state index is 0.108. The third-order valence-electron chi connectivity index (χ3n) is 4.20. The summed E-state index contributed by atoms with van der Waals surface area (Å²) in [7, 11) is 0. The van der Waals surface area contributed by atoms with E-state index in [0.717, 1.165) is 10.9 Å². The fraction of sp³-hybridized carbons (Fsp3) is 0.550. The van der Waals surface area contributed by atoms with E-state index in [1.54, 1.807) is 18.2 Å². The van der Waals surface area contributed by atoms with Crippen molar-refractivity contribution in [3.05, 3.63) is 33.8 Å². The van der Waals surface area contributed by atoms with Crippen LogP contribution in [0, 0.1) is 5.41 Å². The van der Waals surface area contributed by atoms with Crippen LogP contribution in [0.3, 0.4) is 0 Å². The number of nitrogens with one attached hydrogen (secondary N) is 2. The molecule has 2 rings (SSSR count). The Labute approximate surface area is 169 Å². The number of benzene rings is 1. The zero-order chi connectivity index (χ0) is 20.4. The highest BCUT2D eigenvalue weighted by atomic mass is 79.9. The molecule has 0 unspecified atom stereocenters. The maximum Gasteiger partial charge on any atom is 0.315 e. The molecule has 4 amide bonds. The highest BCUT2D eigenvalue weighted by Gasteiger charge is 2.35. The molecule has 1 aromatic rings. The van der Waals surface area contributed by atoms with Gasteiger partial charge in [-0.15, -0.1) is 0 Å². The highest BCUT2D eigenvalue weighted by Crippen LogP contribution is 2.27. The van der Waals surface area contributed by atoms with Gasteiger partial charge in [-0.2, -0.15) is 0 Å². The molecule has 0 saturated carbocycles. The first-order valence-electron chi connectivity index (χ1n) is 9.11. The van der Waals surface area contributed by atoms with Crippen LogP contribution >= 0.6 is 15.9 Å². The fourth-order valence-corrected chi connectivity index (χ4v) is 3.99. The molecule has 148 valence electrons. The molecule has 27 heavy (non-hydrogen) atoms. The predicted octanol–water partition coefficient (Wildman–Crippen LogP) is 3.95. The van der Waals surface area contributed by atoms with Crippen LogP contribution in [-0.4, -0.2) is 41.4 Å². The summed E-state index contributed by atoms with van der Waals surface area (Å²) in [5.41, 5.74) is 0.636. The molecule has 0 saturated heterocycles. The van der Waals surface area contributed by atoms with Crippen molar-refractivity contribution >= 4 is 33.8 Å². The smallest absolute Gasteiger partial charge is 0.315 e. The maximum atomic E-state index is 12.4. The van der Waals surface area contributed by atoms with E-state index in [9.17, 15) is 14.4 Å². The monoisotopic (exact) mass is 437 g/mol. The molecule has 0 bridgehead atoms. The summed E-state index contributed by atoms with van der Waals surface area (Å²) in [6.07, 6.45) is 1.35. The van der Waals surface area contributed by atoms with Crippen LogP contribution < -0.4 is 10.6 Å². The molecule has 1 aliphatic rings. The summed E-state index contributed by atoms with van der Waals surface area (Å²) in [6, 6.07) is 4.83. The molecular formula is C20H28BrN3O3. The Kier molecular flexibility index (Phi) is 6.35. The molecule has 1 heterocycles. The van der Waals surface area contributed by atoms with Crippen LogP contribution in [0.25, 0.3) is 0 Å². The van der Waals surface area contributed by atoms with Crippen LogP contribution in [0.1, 0.15) is 68.2 Å². The first-order valence-corrected chi connectivity index (χ1v) is 9.91. The molecule has 7 heteroatoms. The summed E-state index contributed by atoms with van der Waals surface area (Å²) in [5.74, 6) is -0.565. The normalized spacial score (nSPS) is 14.4. The van der Waals surface area contributed by atoms with Crippen molar-refractivity contribution in [3.8, 4) is 0 Å². The number of halogens is 1. The molecular weight excluding hydrogens is 410 g/mol. The first kappa shape index (κ1) is 21.4. The molecule has 0 aliphatic carbocycles. The summed E-state index contributed by atoms with van der Waals surface area (Å²) >= 11 is 3.32. The van der Waals surface area contributed by atoms with Gasteiger partial charge in [0.15, 0.2) is 0 Å². The number of nitrogens with zero attached hydrogens (tertiary/aromatic N) is 1. The number of urea groups is 1.